The molecule has 9 heteroatoms. The van der Waals surface area contributed by atoms with Gasteiger partial charge in [0.05, 0.1) is 10.6 Å². The Balaban J connectivity index is 2.49. The van der Waals surface area contributed by atoms with Gasteiger partial charge < -0.3 is 10.2 Å². The van der Waals surface area contributed by atoms with Crippen molar-refractivity contribution < 1.29 is 4.92 Å². The molecule has 2 aromatic heterocycles. The SMILES string of the molecule is CC(C)CN(CC(C)C)c1ncnc(Nc2cccnc2Cl)c1[N+](=O)[O-]. The van der Waals surface area contributed by atoms with Crippen molar-refractivity contribution in [2.45, 2.75) is 27.7 Å². The second-order valence-electron chi connectivity index (χ2n) is 6.81. The van der Waals surface area contributed by atoms with Crippen LogP contribution in [0.4, 0.5) is 23.0 Å². The fourth-order valence-corrected chi connectivity index (χ4v) is 2.76. The molecule has 0 radical (unpaired) electrons. The van der Waals surface area contributed by atoms with Crippen molar-refractivity contribution >= 4 is 34.6 Å². The molecule has 0 amide bonds. The maximum atomic E-state index is 11.8. The molecule has 0 saturated heterocycles. The Hall–Kier alpha value is -2.48. The number of hydrogen-bond acceptors (Lipinski definition) is 7. The molecule has 0 aliphatic heterocycles. The van der Waals surface area contributed by atoms with E-state index in [1.165, 1.54) is 6.33 Å². The Bertz CT molecular complexity index is 759. The molecule has 0 atom stereocenters. The third kappa shape index (κ3) is 5.01. The van der Waals surface area contributed by atoms with Crippen LogP contribution in [-0.4, -0.2) is 33.0 Å². The van der Waals surface area contributed by atoms with Gasteiger partial charge in [0.2, 0.25) is 11.6 Å². The number of halogens is 1. The van der Waals surface area contributed by atoms with Crippen LogP contribution in [0.1, 0.15) is 27.7 Å². The van der Waals surface area contributed by atoms with E-state index in [1.807, 2.05) is 4.90 Å². The molecule has 2 heterocycles. The van der Waals surface area contributed by atoms with Crippen molar-refractivity contribution in [1.82, 2.24) is 15.0 Å². The highest BCUT2D eigenvalue weighted by Gasteiger charge is 2.28. The second-order valence-corrected chi connectivity index (χ2v) is 7.17. The number of anilines is 3. The monoisotopic (exact) mass is 378 g/mol. The Morgan fingerprint density at radius 2 is 1.85 bits per heavy atom. The molecular formula is C17H23ClN6O2. The molecule has 0 aromatic carbocycles. The molecule has 2 rings (SSSR count). The molecule has 140 valence electrons. The van der Waals surface area contributed by atoms with Crippen LogP contribution in [0.5, 0.6) is 0 Å². The van der Waals surface area contributed by atoms with Gasteiger partial charge >= 0.3 is 5.69 Å². The zero-order chi connectivity index (χ0) is 19.3. The van der Waals surface area contributed by atoms with Crippen LogP contribution in [0.2, 0.25) is 5.15 Å². The Labute approximate surface area is 157 Å². The topological polar surface area (TPSA) is 97.1 Å². The number of pyridine rings is 1. The van der Waals surface area contributed by atoms with E-state index in [0.29, 0.717) is 36.4 Å². The van der Waals surface area contributed by atoms with Gasteiger partial charge in [-0.15, -0.1) is 0 Å². The van der Waals surface area contributed by atoms with Gasteiger partial charge in [0.1, 0.15) is 6.33 Å². The number of nitrogens with zero attached hydrogens (tertiary/aromatic N) is 5. The minimum Gasteiger partial charge on any atom is -0.350 e. The molecule has 0 unspecified atom stereocenters. The van der Waals surface area contributed by atoms with Crippen LogP contribution >= 0.6 is 11.6 Å². The van der Waals surface area contributed by atoms with Gasteiger partial charge in [-0.1, -0.05) is 39.3 Å². The Morgan fingerprint density at radius 1 is 1.19 bits per heavy atom. The average Bonchev–Trinajstić information content (AvgIpc) is 2.55. The van der Waals surface area contributed by atoms with Crippen molar-refractivity contribution in [3.8, 4) is 0 Å². The lowest BCUT2D eigenvalue weighted by atomic mass is 10.1. The maximum Gasteiger partial charge on any atom is 0.353 e. The van der Waals surface area contributed by atoms with Crippen molar-refractivity contribution in [2.75, 3.05) is 23.3 Å². The summed E-state index contributed by atoms with van der Waals surface area (Å²) in [6.45, 7) is 9.57. The number of aromatic nitrogens is 3. The molecule has 0 bridgehead atoms. The van der Waals surface area contributed by atoms with Gasteiger partial charge in [0.15, 0.2) is 5.15 Å². The molecule has 26 heavy (non-hydrogen) atoms. The highest BCUT2D eigenvalue weighted by molar-refractivity contribution is 6.32. The first-order valence-corrected chi connectivity index (χ1v) is 8.79. The molecule has 2 aromatic rings. The van der Waals surface area contributed by atoms with E-state index in [9.17, 15) is 10.1 Å². The summed E-state index contributed by atoms with van der Waals surface area (Å²) in [6.07, 6.45) is 2.86. The van der Waals surface area contributed by atoms with Crippen molar-refractivity contribution in [2.24, 2.45) is 11.8 Å². The highest BCUT2D eigenvalue weighted by Crippen LogP contribution is 2.35. The minimum absolute atomic E-state index is 0.0902. The first kappa shape index (κ1) is 19.8. The van der Waals surface area contributed by atoms with Crippen LogP contribution in [0.25, 0.3) is 0 Å². The quantitative estimate of drug-likeness (QED) is 0.415. The summed E-state index contributed by atoms with van der Waals surface area (Å²) >= 11 is 6.05. The lowest BCUT2D eigenvalue weighted by Gasteiger charge is -2.27. The van der Waals surface area contributed by atoms with Crippen LogP contribution in [0.3, 0.4) is 0 Å². The van der Waals surface area contributed by atoms with Crippen molar-refractivity contribution in [3.63, 3.8) is 0 Å². The van der Waals surface area contributed by atoms with Gasteiger partial charge in [-0.2, -0.15) is 0 Å². The third-order valence-corrected chi connectivity index (χ3v) is 3.77. The highest BCUT2D eigenvalue weighted by atomic mass is 35.5. The first-order chi connectivity index (χ1) is 12.3. The van der Waals surface area contributed by atoms with E-state index in [4.69, 9.17) is 11.6 Å². The second kappa shape index (κ2) is 8.75. The number of nitrogens with one attached hydrogen (secondary N) is 1. The predicted molar refractivity (Wildman–Crippen MR) is 103 cm³/mol. The van der Waals surface area contributed by atoms with E-state index in [2.05, 4.69) is 48.0 Å². The standard InChI is InChI=1S/C17H23ClN6O2/c1-11(2)8-23(9-12(3)4)17-14(24(25)26)16(20-10-21-17)22-13-6-5-7-19-15(13)18/h5-7,10-12H,8-9H2,1-4H3,(H,20,21,22). The largest absolute Gasteiger partial charge is 0.353 e. The van der Waals surface area contributed by atoms with E-state index in [1.54, 1.807) is 18.3 Å². The van der Waals surface area contributed by atoms with E-state index in [0.717, 1.165) is 0 Å². The van der Waals surface area contributed by atoms with Gasteiger partial charge in [-0.05, 0) is 24.0 Å². The molecule has 0 fully saturated rings. The fourth-order valence-electron chi connectivity index (χ4n) is 2.60. The molecule has 0 saturated carbocycles. The summed E-state index contributed by atoms with van der Waals surface area (Å²) in [5.74, 6) is 1.04. The van der Waals surface area contributed by atoms with Gasteiger partial charge in [0, 0.05) is 19.3 Å². The molecule has 0 spiro atoms. The van der Waals surface area contributed by atoms with E-state index >= 15 is 0 Å². The molecule has 0 aliphatic rings. The molecular weight excluding hydrogens is 356 g/mol. The van der Waals surface area contributed by atoms with Crippen molar-refractivity contribution in [3.05, 3.63) is 39.9 Å². The summed E-state index contributed by atoms with van der Waals surface area (Å²) < 4.78 is 0. The summed E-state index contributed by atoms with van der Waals surface area (Å²) in [4.78, 5) is 25.5. The molecule has 1 N–H and O–H groups in total. The first-order valence-electron chi connectivity index (χ1n) is 8.41. The summed E-state index contributed by atoms with van der Waals surface area (Å²) in [7, 11) is 0. The summed E-state index contributed by atoms with van der Waals surface area (Å²) in [5.41, 5.74) is 0.273. The molecule has 0 aliphatic carbocycles. The smallest absolute Gasteiger partial charge is 0.350 e. The maximum absolute atomic E-state index is 11.8. The van der Waals surface area contributed by atoms with Crippen LogP contribution in [-0.2, 0) is 0 Å². The van der Waals surface area contributed by atoms with E-state index in [-0.39, 0.29) is 16.7 Å². The minimum atomic E-state index is -0.463. The average molecular weight is 379 g/mol. The van der Waals surface area contributed by atoms with Crippen LogP contribution in [0.15, 0.2) is 24.7 Å². The van der Waals surface area contributed by atoms with Crippen LogP contribution < -0.4 is 10.2 Å². The number of nitro groups is 1. The van der Waals surface area contributed by atoms with Crippen molar-refractivity contribution in [1.29, 1.82) is 0 Å². The summed E-state index contributed by atoms with van der Waals surface area (Å²) in [6, 6.07) is 3.37. The van der Waals surface area contributed by atoms with Gasteiger partial charge in [-0.3, -0.25) is 10.1 Å². The van der Waals surface area contributed by atoms with Gasteiger partial charge in [-0.25, -0.2) is 15.0 Å². The van der Waals surface area contributed by atoms with E-state index < -0.39 is 4.92 Å². The van der Waals surface area contributed by atoms with Crippen LogP contribution in [0, 0.1) is 22.0 Å². The fraction of sp³-hybridized carbons (Fsp3) is 0.471. The Morgan fingerprint density at radius 3 is 2.38 bits per heavy atom. The number of hydrogen-bond donors (Lipinski definition) is 1. The lowest BCUT2D eigenvalue weighted by molar-refractivity contribution is -0.383. The Kier molecular flexibility index (Phi) is 6.68. The normalized spacial score (nSPS) is 11.0. The summed E-state index contributed by atoms with van der Waals surface area (Å²) in [5, 5.41) is 14.9. The van der Waals surface area contributed by atoms with Gasteiger partial charge in [0.25, 0.3) is 0 Å². The zero-order valence-electron chi connectivity index (χ0n) is 15.3. The molecule has 8 nitrogen and oxygen atoms in total. The third-order valence-electron chi connectivity index (χ3n) is 3.47. The predicted octanol–water partition coefficient (Wildman–Crippen LogP) is 4.30. The zero-order valence-corrected chi connectivity index (χ0v) is 16.1. The lowest BCUT2D eigenvalue weighted by Crippen LogP contribution is -2.32. The number of rotatable bonds is 8.